The first-order chi connectivity index (χ1) is 13.1. The molecule has 0 spiro atoms. The van der Waals surface area contributed by atoms with Gasteiger partial charge in [0.15, 0.2) is 0 Å². The van der Waals surface area contributed by atoms with E-state index in [1.54, 1.807) is 37.3 Å². The SMILES string of the molecule is COc1ccc(C(=O)N2CCN(C(=O)CC3CSCCN3)CC2)c(OC)c1.Cl. The van der Waals surface area contributed by atoms with Crippen molar-refractivity contribution in [3.63, 3.8) is 0 Å². The van der Waals surface area contributed by atoms with Crippen molar-refractivity contribution < 1.29 is 19.1 Å². The second kappa shape index (κ2) is 10.8. The van der Waals surface area contributed by atoms with Crippen LogP contribution >= 0.6 is 24.2 Å². The molecule has 0 radical (unpaired) electrons. The van der Waals surface area contributed by atoms with Crippen molar-refractivity contribution >= 4 is 36.0 Å². The molecule has 1 unspecified atom stereocenters. The van der Waals surface area contributed by atoms with Crippen LogP contribution in [0.3, 0.4) is 0 Å². The Bertz CT molecular complexity index is 677. The molecule has 1 aromatic rings. The third-order valence-corrected chi connectivity index (χ3v) is 6.11. The molecule has 28 heavy (non-hydrogen) atoms. The second-order valence-electron chi connectivity index (χ2n) is 6.67. The van der Waals surface area contributed by atoms with Crippen LogP contribution in [0.4, 0.5) is 0 Å². The minimum absolute atomic E-state index is 0. The normalized spacial score (nSPS) is 19.6. The molecule has 2 amide bonds. The number of piperazine rings is 1. The predicted molar refractivity (Wildman–Crippen MR) is 113 cm³/mol. The summed E-state index contributed by atoms with van der Waals surface area (Å²) in [5.74, 6) is 3.34. The van der Waals surface area contributed by atoms with Gasteiger partial charge < -0.3 is 24.6 Å². The Balaban J connectivity index is 0.00000280. The van der Waals surface area contributed by atoms with Gasteiger partial charge in [-0.2, -0.15) is 11.8 Å². The third-order valence-electron chi connectivity index (χ3n) is 4.98. The molecule has 0 aromatic heterocycles. The van der Waals surface area contributed by atoms with E-state index < -0.39 is 0 Å². The van der Waals surface area contributed by atoms with Gasteiger partial charge in [0.05, 0.1) is 19.8 Å². The van der Waals surface area contributed by atoms with Gasteiger partial charge in [0.25, 0.3) is 5.91 Å². The number of hydrogen-bond donors (Lipinski definition) is 1. The van der Waals surface area contributed by atoms with Crippen LogP contribution in [-0.2, 0) is 4.79 Å². The fourth-order valence-electron chi connectivity index (χ4n) is 3.40. The molecule has 1 aromatic carbocycles. The molecule has 2 aliphatic heterocycles. The van der Waals surface area contributed by atoms with Gasteiger partial charge in [0.2, 0.25) is 5.91 Å². The highest BCUT2D eigenvalue weighted by molar-refractivity contribution is 7.99. The maximum absolute atomic E-state index is 12.9. The van der Waals surface area contributed by atoms with Crippen LogP contribution in [0.2, 0.25) is 0 Å². The van der Waals surface area contributed by atoms with Crippen LogP contribution in [0.15, 0.2) is 18.2 Å². The van der Waals surface area contributed by atoms with Crippen LogP contribution in [-0.4, -0.2) is 86.1 Å². The number of amides is 2. The number of carbonyl (C=O) groups excluding carboxylic acids is 2. The fraction of sp³-hybridized carbons (Fsp3) is 0.579. The smallest absolute Gasteiger partial charge is 0.257 e. The Hall–Kier alpha value is -1.64. The molecule has 0 bridgehead atoms. The number of rotatable bonds is 5. The summed E-state index contributed by atoms with van der Waals surface area (Å²) in [6.07, 6.45) is 0.535. The average molecular weight is 430 g/mol. The van der Waals surface area contributed by atoms with Crippen molar-refractivity contribution in [1.82, 2.24) is 15.1 Å². The van der Waals surface area contributed by atoms with Crippen molar-refractivity contribution in [1.29, 1.82) is 0 Å². The highest BCUT2D eigenvalue weighted by atomic mass is 35.5. The van der Waals surface area contributed by atoms with E-state index in [1.807, 2.05) is 16.7 Å². The number of thioether (sulfide) groups is 1. The van der Waals surface area contributed by atoms with Crippen LogP contribution in [0.1, 0.15) is 16.8 Å². The fourth-order valence-corrected chi connectivity index (χ4v) is 4.34. The molecule has 2 heterocycles. The van der Waals surface area contributed by atoms with Gasteiger partial charge in [-0.1, -0.05) is 0 Å². The highest BCUT2D eigenvalue weighted by Crippen LogP contribution is 2.26. The number of nitrogens with one attached hydrogen (secondary N) is 1. The summed E-state index contributed by atoms with van der Waals surface area (Å²) in [5, 5.41) is 3.40. The predicted octanol–water partition coefficient (Wildman–Crippen LogP) is 1.51. The van der Waals surface area contributed by atoms with E-state index in [-0.39, 0.29) is 30.3 Å². The number of methoxy groups -OCH3 is 2. The largest absolute Gasteiger partial charge is 0.497 e. The summed E-state index contributed by atoms with van der Waals surface area (Å²) in [6.45, 7) is 3.18. The van der Waals surface area contributed by atoms with E-state index in [4.69, 9.17) is 9.47 Å². The zero-order chi connectivity index (χ0) is 19.2. The number of halogens is 1. The summed E-state index contributed by atoms with van der Waals surface area (Å²) in [4.78, 5) is 29.0. The van der Waals surface area contributed by atoms with E-state index in [0.29, 0.717) is 49.7 Å². The lowest BCUT2D eigenvalue weighted by atomic mass is 10.1. The molecule has 1 N–H and O–H groups in total. The number of hydrogen-bond acceptors (Lipinski definition) is 6. The molecule has 0 aliphatic carbocycles. The first-order valence-corrected chi connectivity index (χ1v) is 10.4. The molecular weight excluding hydrogens is 402 g/mol. The Labute approximate surface area is 176 Å². The molecule has 2 saturated heterocycles. The maximum Gasteiger partial charge on any atom is 0.257 e. The van der Waals surface area contributed by atoms with E-state index in [9.17, 15) is 9.59 Å². The molecule has 9 heteroatoms. The van der Waals surface area contributed by atoms with Gasteiger partial charge in [-0.15, -0.1) is 12.4 Å². The Morgan fingerprint density at radius 1 is 1.14 bits per heavy atom. The quantitative estimate of drug-likeness (QED) is 0.765. The summed E-state index contributed by atoms with van der Waals surface area (Å²) in [5.41, 5.74) is 0.515. The molecular formula is C19H28ClN3O4S. The van der Waals surface area contributed by atoms with E-state index in [1.165, 1.54) is 0 Å². The lowest BCUT2D eigenvalue weighted by Gasteiger charge is -2.36. The van der Waals surface area contributed by atoms with Crippen LogP contribution < -0.4 is 14.8 Å². The highest BCUT2D eigenvalue weighted by Gasteiger charge is 2.28. The minimum atomic E-state index is -0.0769. The topological polar surface area (TPSA) is 71.1 Å². The summed E-state index contributed by atoms with van der Waals surface area (Å²) < 4.78 is 10.5. The van der Waals surface area contributed by atoms with E-state index in [0.717, 1.165) is 18.1 Å². The standard InChI is InChI=1S/C19H27N3O4S.ClH/c1-25-15-3-4-16(17(12-15)26-2)19(24)22-8-6-21(7-9-22)18(23)11-14-13-27-10-5-20-14;/h3-4,12,14,20H,5-11,13H2,1-2H3;1H. The zero-order valence-corrected chi connectivity index (χ0v) is 17.9. The van der Waals surface area contributed by atoms with Crippen LogP contribution in [0, 0.1) is 0 Å². The van der Waals surface area contributed by atoms with Gasteiger partial charge >= 0.3 is 0 Å². The first kappa shape index (κ1) is 22.6. The van der Waals surface area contributed by atoms with Crippen molar-refractivity contribution in [2.75, 3.05) is 58.4 Å². The minimum Gasteiger partial charge on any atom is -0.497 e. The van der Waals surface area contributed by atoms with Crippen molar-refractivity contribution in [2.45, 2.75) is 12.5 Å². The number of carbonyl (C=O) groups is 2. The molecule has 0 saturated carbocycles. The number of nitrogens with zero attached hydrogens (tertiary/aromatic N) is 2. The lowest BCUT2D eigenvalue weighted by molar-refractivity contribution is -0.133. The van der Waals surface area contributed by atoms with Gasteiger partial charge in [-0.05, 0) is 12.1 Å². The monoisotopic (exact) mass is 429 g/mol. The summed E-state index contributed by atoms with van der Waals surface area (Å²) in [6, 6.07) is 5.45. The van der Waals surface area contributed by atoms with E-state index in [2.05, 4.69) is 5.32 Å². The molecule has 7 nitrogen and oxygen atoms in total. The zero-order valence-electron chi connectivity index (χ0n) is 16.3. The van der Waals surface area contributed by atoms with Gasteiger partial charge in [-0.3, -0.25) is 9.59 Å². The van der Waals surface area contributed by atoms with Crippen molar-refractivity contribution in [3.8, 4) is 11.5 Å². The molecule has 1 atom stereocenters. The molecule has 2 fully saturated rings. The second-order valence-corrected chi connectivity index (χ2v) is 7.82. The molecule has 3 rings (SSSR count). The van der Waals surface area contributed by atoms with E-state index >= 15 is 0 Å². The summed E-state index contributed by atoms with van der Waals surface area (Å²) in [7, 11) is 3.12. The van der Waals surface area contributed by atoms with Gasteiger partial charge in [0, 0.05) is 62.8 Å². The first-order valence-electron chi connectivity index (χ1n) is 9.22. The number of ether oxygens (including phenoxy) is 2. The Morgan fingerprint density at radius 3 is 2.46 bits per heavy atom. The maximum atomic E-state index is 12.9. The molecule has 156 valence electrons. The Kier molecular flexibility index (Phi) is 8.72. The van der Waals surface area contributed by atoms with Crippen LogP contribution in [0.25, 0.3) is 0 Å². The average Bonchev–Trinajstić information content (AvgIpc) is 2.73. The summed E-state index contributed by atoms with van der Waals surface area (Å²) >= 11 is 1.89. The van der Waals surface area contributed by atoms with Gasteiger partial charge in [0.1, 0.15) is 11.5 Å². The Morgan fingerprint density at radius 2 is 1.86 bits per heavy atom. The van der Waals surface area contributed by atoms with Gasteiger partial charge in [-0.25, -0.2) is 0 Å². The van der Waals surface area contributed by atoms with Crippen LogP contribution in [0.5, 0.6) is 11.5 Å². The third kappa shape index (κ3) is 5.46. The number of benzene rings is 1. The lowest BCUT2D eigenvalue weighted by Crippen LogP contribution is -2.52. The van der Waals surface area contributed by atoms with Crippen molar-refractivity contribution in [2.24, 2.45) is 0 Å². The van der Waals surface area contributed by atoms with Crippen molar-refractivity contribution in [3.05, 3.63) is 23.8 Å². The molecule has 2 aliphatic rings.